The van der Waals surface area contributed by atoms with E-state index < -0.39 is 11.7 Å². The summed E-state index contributed by atoms with van der Waals surface area (Å²) in [6.45, 7) is 4.47. The van der Waals surface area contributed by atoms with Crippen molar-refractivity contribution in [1.82, 2.24) is 9.88 Å². The summed E-state index contributed by atoms with van der Waals surface area (Å²) < 4.78 is 41.8. The van der Waals surface area contributed by atoms with E-state index >= 15 is 0 Å². The van der Waals surface area contributed by atoms with Crippen LogP contribution in [0.2, 0.25) is 0 Å². The molecule has 2 nitrogen and oxygen atoms in total. The SMILES string of the molecule is Cc1cc(CNC2CCCCC2)c(C)n1-c1ccccc1C(F)(F)F. The van der Waals surface area contributed by atoms with Gasteiger partial charge in [0.05, 0.1) is 11.3 Å². The summed E-state index contributed by atoms with van der Waals surface area (Å²) in [6, 6.07) is 8.31. The van der Waals surface area contributed by atoms with Gasteiger partial charge in [-0.15, -0.1) is 0 Å². The van der Waals surface area contributed by atoms with Crippen molar-refractivity contribution in [2.24, 2.45) is 0 Å². The molecular weight excluding hydrogens is 325 g/mol. The minimum absolute atomic E-state index is 0.203. The normalized spacial score (nSPS) is 16.4. The van der Waals surface area contributed by atoms with Crippen molar-refractivity contribution in [2.75, 3.05) is 0 Å². The van der Waals surface area contributed by atoms with E-state index in [0.29, 0.717) is 12.6 Å². The molecule has 25 heavy (non-hydrogen) atoms. The summed E-state index contributed by atoms with van der Waals surface area (Å²) in [5, 5.41) is 3.58. The molecule has 1 saturated carbocycles. The van der Waals surface area contributed by atoms with Crippen LogP contribution in [0.25, 0.3) is 5.69 Å². The highest BCUT2D eigenvalue weighted by atomic mass is 19.4. The molecule has 1 aromatic carbocycles. The highest BCUT2D eigenvalue weighted by Gasteiger charge is 2.34. The smallest absolute Gasteiger partial charge is 0.318 e. The average molecular weight is 350 g/mol. The van der Waals surface area contributed by atoms with Crippen molar-refractivity contribution in [3.05, 3.63) is 52.8 Å². The zero-order valence-electron chi connectivity index (χ0n) is 14.8. The van der Waals surface area contributed by atoms with Gasteiger partial charge in [-0.25, -0.2) is 0 Å². The van der Waals surface area contributed by atoms with E-state index in [4.69, 9.17) is 0 Å². The van der Waals surface area contributed by atoms with E-state index in [9.17, 15) is 13.2 Å². The molecule has 0 spiro atoms. The van der Waals surface area contributed by atoms with Crippen LogP contribution in [0.1, 0.15) is 54.6 Å². The molecule has 0 radical (unpaired) electrons. The van der Waals surface area contributed by atoms with Crippen LogP contribution in [0.3, 0.4) is 0 Å². The van der Waals surface area contributed by atoms with Gasteiger partial charge >= 0.3 is 6.18 Å². The molecule has 1 aliphatic rings. The minimum atomic E-state index is -4.36. The topological polar surface area (TPSA) is 17.0 Å². The lowest BCUT2D eigenvalue weighted by Crippen LogP contribution is -2.30. The Labute approximate surface area is 147 Å². The van der Waals surface area contributed by atoms with Gasteiger partial charge in [-0.2, -0.15) is 13.2 Å². The van der Waals surface area contributed by atoms with Crippen LogP contribution in [0.4, 0.5) is 13.2 Å². The summed E-state index contributed by atoms with van der Waals surface area (Å²) in [6.07, 6.45) is 1.84. The first-order valence-corrected chi connectivity index (χ1v) is 8.95. The molecule has 1 aromatic heterocycles. The van der Waals surface area contributed by atoms with Crippen LogP contribution < -0.4 is 5.32 Å². The van der Waals surface area contributed by atoms with Gasteiger partial charge in [0.25, 0.3) is 0 Å². The summed E-state index contributed by atoms with van der Waals surface area (Å²) in [5.41, 5.74) is 2.38. The molecule has 1 heterocycles. The Kier molecular flexibility index (Phi) is 5.23. The number of nitrogens with one attached hydrogen (secondary N) is 1. The molecule has 0 saturated heterocycles. The van der Waals surface area contributed by atoms with Gasteiger partial charge in [-0.3, -0.25) is 0 Å². The maximum absolute atomic E-state index is 13.4. The van der Waals surface area contributed by atoms with Gasteiger partial charge in [0.15, 0.2) is 0 Å². The third-order valence-electron chi connectivity index (χ3n) is 5.17. The minimum Gasteiger partial charge on any atom is -0.318 e. The molecule has 3 rings (SSSR count). The standard InChI is InChI=1S/C20H25F3N2/c1-14-12-16(13-24-17-8-4-3-5-9-17)15(2)25(14)19-11-7-6-10-18(19)20(21,22)23/h6-7,10-12,17,24H,3-5,8-9,13H2,1-2H3. The second kappa shape index (κ2) is 7.24. The Hall–Kier alpha value is -1.75. The number of para-hydroxylation sites is 1. The van der Waals surface area contributed by atoms with E-state index in [1.807, 2.05) is 19.9 Å². The van der Waals surface area contributed by atoms with Crippen molar-refractivity contribution >= 4 is 0 Å². The van der Waals surface area contributed by atoms with Gasteiger partial charge in [-0.05, 0) is 50.5 Å². The Morgan fingerprint density at radius 3 is 2.44 bits per heavy atom. The first-order valence-electron chi connectivity index (χ1n) is 8.95. The van der Waals surface area contributed by atoms with Gasteiger partial charge < -0.3 is 9.88 Å². The van der Waals surface area contributed by atoms with E-state index in [2.05, 4.69) is 5.32 Å². The fourth-order valence-corrected chi connectivity index (χ4v) is 3.85. The van der Waals surface area contributed by atoms with Crippen LogP contribution in [0.15, 0.2) is 30.3 Å². The van der Waals surface area contributed by atoms with Crippen molar-refractivity contribution in [2.45, 2.75) is 64.7 Å². The molecule has 136 valence electrons. The Morgan fingerprint density at radius 2 is 1.76 bits per heavy atom. The third-order valence-corrected chi connectivity index (χ3v) is 5.17. The van der Waals surface area contributed by atoms with E-state index in [0.717, 1.165) is 23.0 Å². The number of nitrogens with zero attached hydrogens (tertiary/aromatic N) is 1. The van der Waals surface area contributed by atoms with Gasteiger partial charge in [0.1, 0.15) is 0 Å². The van der Waals surface area contributed by atoms with Crippen LogP contribution in [0.5, 0.6) is 0 Å². The zero-order valence-corrected chi connectivity index (χ0v) is 14.8. The summed E-state index contributed by atoms with van der Waals surface area (Å²) in [4.78, 5) is 0. The molecule has 5 heteroatoms. The number of rotatable bonds is 4. The predicted molar refractivity (Wildman–Crippen MR) is 94.0 cm³/mol. The highest BCUT2D eigenvalue weighted by molar-refractivity contribution is 5.48. The quantitative estimate of drug-likeness (QED) is 0.766. The number of hydrogen-bond acceptors (Lipinski definition) is 1. The van der Waals surface area contributed by atoms with Gasteiger partial charge in [0, 0.05) is 24.0 Å². The maximum Gasteiger partial charge on any atom is 0.418 e. The number of alkyl halides is 3. The Balaban J connectivity index is 1.88. The molecule has 0 unspecified atom stereocenters. The highest BCUT2D eigenvalue weighted by Crippen LogP contribution is 2.35. The van der Waals surface area contributed by atoms with E-state index in [1.165, 1.54) is 38.2 Å². The lowest BCUT2D eigenvalue weighted by Gasteiger charge is -2.23. The average Bonchev–Trinajstić information content (AvgIpc) is 2.87. The zero-order chi connectivity index (χ0) is 18.0. The molecule has 0 bridgehead atoms. The second-order valence-corrected chi connectivity index (χ2v) is 6.96. The molecule has 2 aromatic rings. The second-order valence-electron chi connectivity index (χ2n) is 6.96. The number of hydrogen-bond donors (Lipinski definition) is 1. The molecule has 0 atom stereocenters. The number of halogens is 3. The first-order chi connectivity index (χ1) is 11.9. The van der Waals surface area contributed by atoms with Gasteiger partial charge in [0.2, 0.25) is 0 Å². The largest absolute Gasteiger partial charge is 0.418 e. The van der Waals surface area contributed by atoms with Crippen molar-refractivity contribution < 1.29 is 13.2 Å². The fourth-order valence-electron chi connectivity index (χ4n) is 3.85. The summed E-state index contributed by atoms with van der Waals surface area (Å²) in [7, 11) is 0. The lowest BCUT2D eigenvalue weighted by molar-refractivity contribution is -0.137. The Bertz CT molecular complexity index is 725. The van der Waals surface area contributed by atoms with Crippen molar-refractivity contribution in [3.63, 3.8) is 0 Å². The molecule has 0 amide bonds. The van der Waals surface area contributed by atoms with Gasteiger partial charge in [-0.1, -0.05) is 31.4 Å². The number of aromatic nitrogens is 1. The van der Waals surface area contributed by atoms with Crippen LogP contribution in [-0.4, -0.2) is 10.6 Å². The molecule has 0 aliphatic heterocycles. The van der Waals surface area contributed by atoms with Crippen LogP contribution in [-0.2, 0) is 12.7 Å². The summed E-state index contributed by atoms with van der Waals surface area (Å²) >= 11 is 0. The van der Waals surface area contributed by atoms with E-state index in [1.54, 1.807) is 16.7 Å². The first kappa shape index (κ1) is 18.1. The Morgan fingerprint density at radius 1 is 1.08 bits per heavy atom. The molecule has 1 aliphatic carbocycles. The van der Waals surface area contributed by atoms with Crippen LogP contribution >= 0.6 is 0 Å². The molecule has 1 fully saturated rings. The number of benzene rings is 1. The molecular formula is C20H25F3N2. The maximum atomic E-state index is 13.4. The predicted octanol–water partition coefficient (Wildman–Crippen LogP) is 5.54. The molecule has 1 N–H and O–H groups in total. The van der Waals surface area contributed by atoms with E-state index in [-0.39, 0.29) is 5.69 Å². The van der Waals surface area contributed by atoms with Crippen LogP contribution in [0, 0.1) is 13.8 Å². The third kappa shape index (κ3) is 3.92. The van der Waals surface area contributed by atoms with Crippen molar-refractivity contribution in [3.8, 4) is 5.69 Å². The monoisotopic (exact) mass is 350 g/mol. The fraction of sp³-hybridized carbons (Fsp3) is 0.500. The summed E-state index contributed by atoms with van der Waals surface area (Å²) in [5.74, 6) is 0. The number of aryl methyl sites for hydroxylation is 1. The van der Waals surface area contributed by atoms with Crippen molar-refractivity contribution in [1.29, 1.82) is 0 Å². The lowest BCUT2D eigenvalue weighted by atomic mass is 9.95.